The van der Waals surface area contributed by atoms with Gasteiger partial charge in [-0.05, 0) is 12.0 Å². The van der Waals surface area contributed by atoms with Crippen molar-refractivity contribution in [2.75, 3.05) is 6.61 Å². The normalized spacial score (nSPS) is 12.3. The largest absolute Gasteiger partial charge is 0.487 e. The van der Waals surface area contributed by atoms with Gasteiger partial charge >= 0.3 is 0 Å². The fourth-order valence-corrected chi connectivity index (χ4v) is 1.72. The minimum atomic E-state index is -0.610. The number of ether oxygens (including phenoxy) is 1. The van der Waals surface area contributed by atoms with Crippen LogP contribution in [0.1, 0.15) is 25.0 Å². The second-order valence-corrected chi connectivity index (χ2v) is 4.18. The molecule has 0 bridgehead atoms. The van der Waals surface area contributed by atoms with Crippen LogP contribution in [-0.2, 0) is 6.54 Å². The average molecular weight is 246 g/mol. The van der Waals surface area contributed by atoms with Crippen LogP contribution in [0.3, 0.4) is 0 Å². The lowest BCUT2D eigenvalue weighted by molar-refractivity contribution is 0.108. The number of aryl methyl sites for hydroxylation is 1. The van der Waals surface area contributed by atoms with E-state index in [0.29, 0.717) is 5.75 Å². The zero-order valence-electron chi connectivity index (χ0n) is 10.5. The minimum absolute atomic E-state index is 0.238. The molecule has 0 aliphatic heterocycles. The molecule has 0 saturated carbocycles. The van der Waals surface area contributed by atoms with Gasteiger partial charge in [0.25, 0.3) is 0 Å². The van der Waals surface area contributed by atoms with Crippen LogP contribution in [0.25, 0.3) is 0 Å². The van der Waals surface area contributed by atoms with Crippen molar-refractivity contribution in [2.24, 2.45) is 0 Å². The number of aliphatic hydroxyl groups excluding tert-OH is 1. The molecular formula is C14H18N2O2. The van der Waals surface area contributed by atoms with E-state index in [1.807, 2.05) is 41.2 Å². The van der Waals surface area contributed by atoms with E-state index in [2.05, 4.69) is 12.0 Å². The topological polar surface area (TPSA) is 47.3 Å². The Balaban J connectivity index is 1.87. The molecule has 2 aromatic rings. The Bertz CT molecular complexity index is 468. The molecule has 18 heavy (non-hydrogen) atoms. The Morgan fingerprint density at radius 3 is 2.83 bits per heavy atom. The maximum atomic E-state index is 9.94. The van der Waals surface area contributed by atoms with E-state index in [0.717, 1.165) is 18.5 Å². The number of rotatable bonds is 6. The molecule has 0 radical (unpaired) electrons. The van der Waals surface area contributed by atoms with Gasteiger partial charge in [-0.15, -0.1) is 0 Å². The van der Waals surface area contributed by atoms with Gasteiger partial charge in [0.2, 0.25) is 0 Å². The fourth-order valence-electron chi connectivity index (χ4n) is 1.72. The van der Waals surface area contributed by atoms with Crippen molar-refractivity contribution in [2.45, 2.75) is 26.0 Å². The van der Waals surface area contributed by atoms with Crippen LogP contribution in [0.2, 0.25) is 0 Å². The SMILES string of the molecule is CCCn1cc(OCC(O)c2ccccc2)cn1. The minimum Gasteiger partial charge on any atom is -0.487 e. The first-order valence-electron chi connectivity index (χ1n) is 6.18. The number of hydrogen-bond acceptors (Lipinski definition) is 3. The van der Waals surface area contributed by atoms with Gasteiger partial charge in [-0.2, -0.15) is 5.10 Å². The highest BCUT2D eigenvalue weighted by Crippen LogP contribution is 2.15. The van der Waals surface area contributed by atoms with E-state index in [1.54, 1.807) is 6.20 Å². The Labute approximate surface area is 107 Å². The number of nitrogens with zero attached hydrogens (tertiary/aromatic N) is 2. The Morgan fingerprint density at radius 1 is 1.33 bits per heavy atom. The van der Waals surface area contributed by atoms with E-state index >= 15 is 0 Å². The van der Waals surface area contributed by atoms with Crippen molar-refractivity contribution in [3.8, 4) is 5.75 Å². The van der Waals surface area contributed by atoms with Gasteiger partial charge in [0.1, 0.15) is 12.7 Å². The molecule has 1 aromatic carbocycles. The average Bonchev–Trinajstić information content (AvgIpc) is 2.85. The maximum absolute atomic E-state index is 9.94. The van der Waals surface area contributed by atoms with Gasteiger partial charge in [-0.1, -0.05) is 37.3 Å². The van der Waals surface area contributed by atoms with Gasteiger partial charge in [0.15, 0.2) is 5.75 Å². The first-order valence-corrected chi connectivity index (χ1v) is 6.18. The van der Waals surface area contributed by atoms with Crippen LogP contribution in [0.15, 0.2) is 42.7 Å². The molecule has 4 heteroatoms. The summed E-state index contributed by atoms with van der Waals surface area (Å²) in [6, 6.07) is 9.49. The summed E-state index contributed by atoms with van der Waals surface area (Å²) in [7, 11) is 0. The zero-order chi connectivity index (χ0) is 12.8. The van der Waals surface area contributed by atoms with Gasteiger partial charge < -0.3 is 9.84 Å². The summed E-state index contributed by atoms with van der Waals surface area (Å²) < 4.78 is 7.35. The van der Waals surface area contributed by atoms with Crippen molar-refractivity contribution in [3.05, 3.63) is 48.3 Å². The summed E-state index contributed by atoms with van der Waals surface area (Å²) in [5.74, 6) is 0.693. The van der Waals surface area contributed by atoms with Crippen molar-refractivity contribution in [3.63, 3.8) is 0 Å². The standard InChI is InChI=1S/C14H18N2O2/c1-2-8-16-10-13(9-15-16)18-11-14(17)12-6-4-3-5-7-12/h3-7,9-10,14,17H,2,8,11H2,1H3. The van der Waals surface area contributed by atoms with Crippen LogP contribution in [0.4, 0.5) is 0 Å². The molecule has 96 valence electrons. The molecule has 0 aliphatic rings. The lowest BCUT2D eigenvalue weighted by Crippen LogP contribution is -2.09. The predicted octanol–water partition coefficient (Wildman–Crippen LogP) is 2.41. The van der Waals surface area contributed by atoms with E-state index < -0.39 is 6.10 Å². The van der Waals surface area contributed by atoms with Crippen molar-refractivity contribution in [1.29, 1.82) is 0 Å². The number of aromatic nitrogens is 2. The van der Waals surface area contributed by atoms with Crippen molar-refractivity contribution < 1.29 is 9.84 Å². The molecule has 0 fully saturated rings. The van der Waals surface area contributed by atoms with Crippen molar-refractivity contribution >= 4 is 0 Å². The highest BCUT2D eigenvalue weighted by atomic mass is 16.5. The summed E-state index contributed by atoms with van der Waals surface area (Å²) in [6.45, 7) is 3.22. The zero-order valence-corrected chi connectivity index (χ0v) is 10.5. The van der Waals surface area contributed by atoms with Crippen LogP contribution >= 0.6 is 0 Å². The third-order valence-corrected chi connectivity index (χ3v) is 2.65. The Morgan fingerprint density at radius 2 is 2.11 bits per heavy atom. The summed E-state index contributed by atoms with van der Waals surface area (Å²) in [5, 5.41) is 14.1. The Hall–Kier alpha value is -1.81. The highest BCUT2D eigenvalue weighted by Gasteiger charge is 2.08. The molecule has 0 saturated heterocycles. The molecule has 1 aromatic heterocycles. The second kappa shape index (κ2) is 6.21. The molecule has 0 amide bonds. The molecule has 2 rings (SSSR count). The Kier molecular flexibility index (Phi) is 4.36. The first-order chi connectivity index (χ1) is 8.79. The van der Waals surface area contributed by atoms with Crippen LogP contribution < -0.4 is 4.74 Å². The maximum Gasteiger partial charge on any atom is 0.157 e. The lowest BCUT2D eigenvalue weighted by atomic mass is 10.1. The molecule has 4 nitrogen and oxygen atoms in total. The molecule has 1 unspecified atom stereocenters. The number of hydrogen-bond donors (Lipinski definition) is 1. The molecule has 0 aliphatic carbocycles. The van der Waals surface area contributed by atoms with Crippen LogP contribution in [0.5, 0.6) is 5.75 Å². The molecule has 0 spiro atoms. The molecule has 1 atom stereocenters. The number of benzene rings is 1. The summed E-state index contributed by atoms with van der Waals surface area (Å²) >= 11 is 0. The fraction of sp³-hybridized carbons (Fsp3) is 0.357. The second-order valence-electron chi connectivity index (χ2n) is 4.18. The highest BCUT2D eigenvalue weighted by molar-refractivity contribution is 5.18. The van der Waals surface area contributed by atoms with Crippen LogP contribution in [0, 0.1) is 0 Å². The molecule has 1 N–H and O–H groups in total. The molecular weight excluding hydrogens is 228 g/mol. The summed E-state index contributed by atoms with van der Waals surface area (Å²) in [5.41, 5.74) is 0.860. The lowest BCUT2D eigenvalue weighted by Gasteiger charge is -2.11. The quantitative estimate of drug-likeness (QED) is 0.851. The smallest absolute Gasteiger partial charge is 0.157 e. The molecule has 1 heterocycles. The van der Waals surface area contributed by atoms with Crippen molar-refractivity contribution in [1.82, 2.24) is 9.78 Å². The van der Waals surface area contributed by atoms with Gasteiger partial charge in [-0.3, -0.25) is 4.68 Å². The third-order valence-electron chi connectivity index (χ3n) is 2.65. The third kappa shape index (κ3) is 3.34. The van der Waals surface area contributed by atoms with Gasteiger partial charge in [0, 0.05) is 6.54 Å². The van der Waals surface area contributed by atoms with Gasteiger partial charge in [-0.25, -0.2) is 0 Å². The monoisotopic (exact) mass is 246 g/mol. The summed E-state index contributed by atoms with van der Waals surface area (Å²) in [6.07, 6.45) is 3.95. The predicted molar refractivity (Wildman–Crippen MR) is 69.4 cm³/mol. The first kappa shape index (κ1) is 12.6. The van der Waals surface area contributed by atoms with E-state index in [-0.39, 0.29) is 6.61 Å². The number of aliphatic hydroxyl groups is 1. The van der Waals surface area contributed by atoms with Gasteiger partial charge in [0.05, 0.1) is 12.4 Å². The van der Waals surface area contributed by atoms with Crippen LogP contribution in [-0.4, -0.2) is 21.5 Å². The summed E-state index contributed by atoms with van der Waals surface area (Å²) in [4.78, 5) is 0. The van der Waals surface area contributed by atoms with E-state index in [1.165, 1.54) is 0 Å². The van der Waals surface area contributed by atoms with E-state index in [9.17, 15) is 5.11 Å². The van der Waals surface area contributed by atoms with E-state index in [4.69, 9.17) is 4.74 Å².